The largest absolute Gasteiger partial charge is 0.411 e. The van der Waals surface area contributed by atoms with Crippen LogP contribution in [0.25, 0.3) is 22.0 Å². The standard InChI is InChI=1S/C21H21ClN2O/c1-5-19(24-25)18-11-14(4)23-21-16(18)7-6-8-17(21)20-12(2)9-15(22)10-13(20)3/h6-11,25H,5H2,1-4H3/b24-19-. The lowest BCUT2D eigenvalue weighted by Gasteiger charge is -2.15. The van der Waals surface area contributed by atoms with Gasteiger partial charge < -0.3 is 5.21 Å². The molecule has 0 aliphatic rings. The fourth-order valence-corrected chi connectivity index (χ4v) is 3.79. The van der Waals surface area contributed by atoms with E-state index in [1.54, 1.807) is 0 Å². The minimum absolute atomic E-state index is 0.651. The van der Waals surface area contributed by atoms with E-state index in [4.69, 9.17) is 16.6 Å². The minimum atomic E-state index is 0.651. The van der Waals surface area contributed by atoms with Crippen LogP contribution in [0.3, 0.4) is 0 Å². The van der Waals surface area contributed by atoms with Gasteiger partial charge in [0, 0.05) is 27.2 Å². The minimum Gasteiger partial charge on any atom is -0.411 e. The molecule has 0 amide bonds. The molecule has 1 aromatic heterocycles. The summed E-state index contributed by atoms with van der Waals surface area (Å²) in [7, 11) is 0. The first-order valence-corrected chi connectivity index (χ1v) is 8.72. The number of oxime groups is 1. The van der Waals surface area contributed by atoms with Crippen molar-refractivity contribution in [3.63, 3.8) is 0 Å². The Bertz CT molecular complexity index is 970. The van der Waals surface area contributed by atoms with Crippen LogP contribution in [0.15, 0.2) is 41.6 Å². The molecule has 3 aromatic rings. The van der Waals surface area contributed by atoms with Crippen LogP contribution in [0.2, 0.25) is 5.02 Å². The van der Waals surface area contributed by atoms with Gasteiger partial charge >= 0.3 is 0 Å². The Kier molecular flexibility index (Phi) is 4.78. The monoisotopic (exact) mass is 352 g/mol. The molecule has 0 unspecified atom stereocenters. The fraction of sp³-hybridized carbons (Fsp3) is 0.238. The lowest BCUT2D eigenvalue weighted by molar-refractivity contribution is 0.318. The average Bonchev–Trinajstić information content (AvgIpc) is 2.55. The molecule has 0 saturated heterocycles. The van der Waals surface area contributed by atoms with Crippen molar-refractivity contribution >= 4 is 28.2 Å². The van der Waals surface area contributed by atoms with Crippen molar-refractivity contribution in [2.75, 3.05) is 0 Å². The number of para-hydroxylation sites is 1. The molecule has 128 valence electrons. The van der Waals surface area contributed by atoms with Crippen LogP contribution >= 0.6 is 11.6 Å². The van der Waals surface area contributed by atoms with E-state index in [9.17, 15) is 5.21 Å². The van der Waals surface area contributed by atoms with E-state index in [0.29, 0.717) is 12.1 Å². The van der Waals surface area contributed by atoms with E-state index in [1.165, 1.54) is 0 Å². The highest BCUT2D eigenvalue weighted by Gasteiger charge is 2.15. The van der Waals surface area contributed by atoms with E-state index >= 15 is 0 Å². The van der Waals surface area contributed by atoms with E-state index in [0.717, 1.165) is 49.4 Å². The van der Waals surface area contributed by atoms with Gasteiger partial charge in [-0.25, -0.2) is 0 Å². The van der Waals surface area contributed by atoms with Crippen molar-refractivity contribution in [1.29, 1.82) is 0 Å². The van der Waals surface area contributed by atoms with E-state index in [1.807, 2.05) is 44.2 Å². The summed E-state index contributed by atoms with van der Waals surface area (Å²) in [6.07, 6.45) is 0.651. The first-order chi connectivity index (χ1) is 12.0. The summed E-state index contributed by atoms with van der Waals surface area (Å²) in [4.78, 5) is 4.80. The van der Waals surface area contributed by atoms with Crippen molar-refractivity contribution in [2.24, 2.45) is 5.16 Å². The maximum absolute atomic E-state index is 9.39. The molecule has 0 aliphatic carbocycles. The number of fused-ring (bicyclic) bond motifs is 1. The highest BCUT2D eigenvalue weighted by atomic mass is 35.5. The highest BCUT2D eigenvalue weighted by Crippen LogP contribution is 2.35. The molecule has 0 fully saturated rings. The van der Waals surface area contributed by atoms with Gasteiger partial charge in [-0.3, -0.25) is 4.98 Å². The zero-order valence-electron chi connectivity index (χ0n) is 14.9. The van der Waals surface area contributed by atoms with Gasteiger partial charge in [-0.05, 0) is 62.1 Å². The Labute approximate surface area is 153 Å². The molecule has 0 radical (unpaired) electrons. The second kappa shape index (κ2) is 6.85. The van der Waals surface area contributed by atoms with Gasteiger partial charge in [0.1, 0.15) is 0 Å². The van der Waals surface area contributed by atoms with Crippen LogP contribution in [0.1, 0.15) is 35.7 Å². The first kappa shape index (κ1) is 17.4. The number of hydrogen-bond donors (Lipinski definition) is 1. The Morgan fingerprint density at radius 1 is 1.12 bits per heavy atom. The van der Waals surface area contributed by atoms with Crippen LogP contribution < -0.4 is 0 Å². The van der Waals surface area contributed by atoms with Crippen LogP contribution in [0.5, 0.6) is 0 Å². The number of benzene rings is 2. The number of halogens is 1. The van der Waals surface area contributed by atoms with Crippen LogP contribution in [0, 0.1) is 20.8 Å². The van der Waals surface area contributed by atoms with Gasteiger partial charge in [0.15, 0.2) is 0 Å². The van der Waals surface area contributed by atoms with Crippen molar-refractivity contribution in [3.8, 4) is 11.1 Å². The maximum atomic E-state index is 9.39. The Hall–Kier alpha value is -2.39. The van der Waals surface area contributed by atoms with E-state index < -0.39 is 0 Å². The molecular weight excluding hydrogens is 332 g/mol. The van der Waals surface area contributed by atoms with Gasteiger partial charge in [-0.15, -0.1) is 0 Å². The topological polar surface area (TPSA) is 45.5 Å². The van der Waals surface area contributed by atoms with E-state index in [-0.39, 0.29) is 0 Å². The summed E-state index contributed by atoms with van der Waals surface area (Å²) >= 11 is 6.20. The van der Waals surface area contributed by atoms with Crippen molar-refractivity contribution in [2.45, 2.75) is 34.1 Å². The first-order valence-electron chi connectivity index (χ1n) is 8.35. The molecular formula is C21H21ClN2O. The van der Waals surface area contributed by atoms with Crippen molar-refractivity contribution < 1.29 is 5.21 Å². The number of hydrogen-bond acceptors (Lipinski definition) is 3. The normalized spacial score (nSPS) is 12.0. The molecule has 1 N–H and O–H groups in total. The summed E-state index contributed by atoms with van der Waals surface area (Å²) in [6.45, 7) is 8.08. The summed E-state index contributed by atoms with van der Waals surface area (Å²) in [6, 6.07) is 12.1. The number of pyridine rings is 1. The Morgan fingerprint density at radius 2 is 1.80 bits per heavy atom. The number of aromatic nitrogens is 1. The van der Waals surface area contributed by atoms with Gasteiger partial charge in [-0.2, -0.15) is 0 Å². The van der Waals surface area contributed by atoms with Gasteiger partial charge in [-0.1, -0.05) is 41.9 Å². The molecule has 2 aromatic carbocycles. The quantitative estimate of drug-likeness (QED) is 0.353. The average molecular weight is 353 g/mol. The number of nitrogens with zero attached hydrogens (tertiary/aromatic N) is 2. The third-order valence-electron chi connectivity index (χ3n) is 4.50. The van der Waals surface area contributed by atoms with Gasteiger partial charge in [0.2, 0.25) is 0 Å². The third kappa shape index (κ3) is 3.12. The van der Waals surface area contributed by atoms with Crippen molar-refractivity contribution in [1.82, 2.24) is 4.98 Å². The van der Waals surface area contributed by atoms with Gasteiger partial charge in [0.25, 0.3) is 0 Å². The predicted molar refractivity (Wildman–Crippen MR) is 105 cm³/mol. The molecule has 0 saturated carbocycles. The fourth-order valence-electron chi connectivity index (χ4n) is 3.47. The molecule has 25 heavy (non-hydrogen) atoms. The van der Waals surface area contributed by atoms with Crippen LogP contribution in [-0.2, 0) is 0 Å². The van der Waals surface area contributed by atoms with Crippen LogP contribution in [-0.4, -0.2) is 15.9 Å². The molecule has 0 bridgehead atoms. The van der Waals surface area contributed by atoms with Crippen molar-refractivity contribution in [3.05, 3.63) is 63.8 Å². The molecule has 0 spiro atoms. The predicted octanol–water partition coefficient (Wildman–Crippen LogP) is 6.07. The maximum Gasteiger partial charge on any atom is 0.0872 e. The smallest absolute Gasteiger partial charge is 0.0872 e. The molecule has 0 atom stereocenters. The zero-order valence-corrected chi connectivity index (χ0v) is 15.6. The zero-order chi connectivity index (χ0) is 18.1. The lowest BCUT2D eigenvalue weighted by atomic mass is 9.92. The summed E-state index contributed by atoms with van der Waals surface area (Å²) in [5.41, 5.74) is 7.87. The SMILES string of the molecule is CC/C(=N/O)c1cc(C)nc2c(-c3c(C)cc(Cl)cc3C)cccc12. The second-order valence-electron chi connectivity index (χ2n) is 6.33. The summed E-state index contributed by atoms with van der Waals surface area (Å²) < 4.78 is 0. The van der Waals surface area contributed by atoms with Crippen LogP contribution in [0.4, 0.5) is 0 Å². The number of rotatable bonds is 3. The van der Waals surface area contributed by atoms with Gasteiger partial charge in [0.05, 0.1) is 11.2 Å². The Balaban J connectivity index is 2.40. The second-order valence-corrected chi connectivity index (χ2v) is 6.76. The molecule has 1 heterocycles. The Morgan fingerprint density at radius 3 is 2.40 bits per heavy atom. The summed E-state index contributed by atoms with van der Waals surface area (Å²) in [5, 5.41) is 14.6. The highest BCUT2D eigenvalue weighted by molar-refractivity contribution is 6.30. The molecule has 3 nitrogen and oxygen atoms in total. The number of aryl methyl sites for hydroxylation is 3. The third-order valence-corrected chi connectivity index (χ3v) is 4.72. The molecule has 3 rings (SSSR count). The lowest BCUT2D eigenvalue weighted by Crippen LogP contribution is -2.03. The van der Waals surface area contributed by atoms with E-state index in [2.05, 4.69) is 25.1 Å². The molecule has 4 heteroatoms. The summed E-state index contributed by atoms with van der Waals surface area (Å²) in [5.74, 6) is 0. The molecule has 0 aliphatic heterocycles.